The van der Waals surface area contributed by atoms with Crippen molar-refractivity contribution in [1.29, 1.82) is 0 Å². The van der Waals surface area contributed by atoms with Crippen LogP contribution in [-0.4, -0.2) is 68.1 Å². The van der Waals surface area contributed by atoms with E-state index >= 15 is 0 Å². The number of thiazole rings is 1. The Kier molecular flexibility index (Phi) is 6.77. The molecule has 9 heteroatoms. The van der Waals surface area contributed by atoms with Crippen molar-refractivity contribution in [3.05, 3.63) is 35.8 Å². The monoisotopic (exact) mass is 494 g/mol. The number of anilines is 1. The first-order valence-corrected chi connectivity index (χ1v) is 12.9. The summed E-state index contributed by atoms with van der Waals surface area (Å²) >= 11 is 1.57. The summed E-state index contributed by atoms with van der Waals surface area (Å²) in [5.41, 5.74) is 5.82. The Labute approximate surface area is 208 Å². The standard InChI is InChI=1S/C26H30N4O4S/c1-17(31)29-6-8-30(9-7-29)22-4-3-19(13-23(22)33-2)20-12-21-26(35-16-28-21)24(14-20)34-10-5-18-11-25(32)27-15-18/h3-4,12-14,16,18H,5-11,15H2,1-2H3,(H,27,32)/t18-/m1/s1. The first kappa shape index (κ1) is 23.4. The second-order valence-electron chi connectivity index (χ2n) is 9.07. The largest absolute Gasteiger partial charge is 0.495 e. The van der Waals surface area contributed by atoms with Gasteiger partial charge in [0.05, 0.1) is 35.1 Å². The summed E-state index contributed by atoms with van der Waals surface area (Å²) in [4.78, 5) is 31.8. The number of rotatable bonds is 7. The van der Waals surface area contributed by atoms with Crippen molar-refractivity contribution >= 4 is 39.1 Å². The summed E-state index contributed by atoms with van der Waals surface area (Å²) in [6, 6.07) is 10.4. The number of carbonyl (C=O) groups is 2. The number of ether oxygens (including phenoxy) is 2. The molecular weight excluding hydrogens is 464 g/mol. The highest BCUT2D eigenvalue weighted by atomic mass is 32.1. The van der Waals surface area contributed by atoms with E-state index < -0.39 is 0 Å². The molecule has 1 aromatic heterocycles. The molecule has 2 aromatic carbocycles. The number of nitrogens with one attached hydrogen (secondary N) is 1. The van der Waals surface area contributed by atoms with Gasteiger partial charge in [0.2, 0.25) is 11.8 Å². The third-order valence-electron chi connectivity index (χ3n) is 6.82. The molecule has 0 bridgehead atoms. The molecule has 1 N–H and O–H groups in total. The Morgan fingerprint density at radius 3 is 2.66 bits per heavy atom. The maximum Gasteiger partial charge on any atom is 0.220 e. The number of hydrogen-bond donors (Lipinski definition) is 1. The van der Waals surface area contributed by atoms with Gasteiger partial charge in [-0.2, -0.15) is 0 Å². The average molecular weight is 495 g/mol. The van der Waals surface area contributed by atoms with Crippen LogP contribution in [0.4, 0.5) is 5.69 Å². The zero-order valence-electron chi connectivity index (χ0n) is 20.1. The van der Waals surface area contributed by atoms with Crippen molar-refractivity contribution in [2.24, 2.45) is 5.92 Å². The first-order valence-electron chi connectivity index (χ1n) is 12.0. The van der Waals surface area contributed by atoms with E-state index in [4.69, 9.17) is 9.47 Å². The fourth-order valence-corrected chi connectivity index (χ4v) is 5.53. The van der Waals surface area contributed by atoms with Gasteiger partial charge in [-0.3, -0.25) is 9.59 Å². The van der Waals surface area contributed by atoms with Crippen LogP contribution in [0.25, 0.3) is 21.3 Å². The van der Waals surface area contributed by atoms with E-state index in [0.29, 0.717) is 32.0 Å². The molecule has 8 nitrogen and oxygen atoms in total. The Bertz CT molecular complexity index is 1240. The summed E-state index contributed by atoms with van der Waals surface area (Å²) in [5, 5.41) is 2.89. The van der Waals surface area contributed by atoms with Gasteiger partial charge in [0.15, 0.2) is 0 Å². The zero-order chi connectivity index (χ0) is 24.4. The topological polar surface area (TPSA) is 84.0 Å². The molecule has 5 rings (SSSR count). The molecule has 184 valence electrons. The Hall–Kier alpha value is -3.33. The molecule has 2 fully saturated rings. The minimum Gasteiger partial charge on any atom is -0.495 e. The van der Waals surface area contributed by atoms with E-state index in [-0.39, 0.29) is 11.8 Å². The summed E-state index contributed by atoms with van der Waals surface area (Å²) < 4.78 is 13.0. The van der Waals surface area contributed by atoms with Gasteiger partial charge in [-0.15, -0.1) is 11.3 Å². The van der Waals surface area contributed by atoms with Crippen LogP contribution < -0.4 is 19.7 Å². The molecule has 1 atom stereocenters. The molecule has 2 aliphatic heterocycles. The third-order valence-corrected chi connectivity index (χ3v) is 7.68. The van der Waals surface area contributed by atoms with Crippen LogP contribution in [0.3, 0.4) is 0 Å². The van der Waals surface area contributed by atoms with Crippen molar-refractivity contribution in [1.82, 2.24) is 15.2 Å². The predicted molar refractivity (Wildman–Crippen MR) is 137 cm³/mol. The number of fused-ring (bicyclic) bond motifs is 1. The number of amides is 2. The number of piperazine rings is 1. The molecule has 2 saturated heterocycles. The molecule has 0 aliphatic carbocycles. The van der Waals surface area contributed by atoms with Gasteiger partial charge >= 0.3 is 0 Å². The number of nitrogens with zero attached hydrogens (tertiary/aromatic N) is 3. The van der Waals surface area contributed by atoms with Gasteiger partial charge in [0, 0.05) is 46.1 Å². The van der Waals surface area contributed by atoms with E-state index in [0.717, 1.165) is 64.6 Å². The van der Waals surface area contributed by atoms with Crippen molar-refractivity contribution in [3.63, 3.8) is 0 Å². The van der Waals surface area contributed by atoms with Crippen molar-refractivity contribution in [2.45, 2.75) is 19.8 Å². The van der Waals surface area contributed by atoms with Gasteiger partial charge in [-0.05, 0) is 47.7 Å². The lowest BCUT2D eigenvalue weighted by Crippen LogP contribution is -2.48. The highest BCUT2D eigenvalue weighted by Gasteiger charge is 2.23. The number of aromatic nitrogens is 1. The fourth-order valence-electron chi connectivity index (χ4n) is 4.80. The Balaban J connectivity index is 1.35. The summed E-state index contributed by atoms with van der Waals surface area (Å²) in [7, 11) is 1.69. The number of hydrogen-bond acceptors (Lipinski definition) is 7. The second kappa shape index (κ2) is 10.1. The molecule has 0 radical (unpaired) electrons. The summed E-state index contributed by atoms with van der Waals surface area (Å²) in [5.74, 6) is 2.20. The van der Waals surface area contributed by atoms with Crippen molar-refractivity contribution in [3.8, 4) is 22.6 Å². The molecule has 3 heterocycles. The third kappa shape index (κ3) is 5.05. The minimum atomic E-state index is 0.121. The maximum atomic E-state index is 11.7. The normalized spacial score (nSPS) is 18.1. The van der Waals surface area contributed by atoms with E-state index in [1.54, 1.807) is 25.4 Å². The van der Waals surface area contributed by atoms with E-state index in [1.807, 2.05) is 10.4 Å². The van der Waals surface area contributed by atoms with E-state index in [1.165, 1.54) is 0 Å². The first-order chi connectivity index (χ1) is 17.0. The summed E-state index contributed by atoms with van der Waals surface area (Å²) in [6.07, 6.45) is 1.41. The molecule has 0 saturated carbocycles. The lowest BCUT2D eigenvalue weighted by atomic mass is 10.0. The van der Waals surface area contributed by atoms with E-state index in [9.17, 15) is 9.59 Å². The number of benzene rings is 2. The average Bonchev–Trinajstić information content (AvgIpc) is 3.52. The van der Waals surface area contributed by atoms with Gasteiger partial charge in [-0.1, -0.05) is 6.07 Å². The van der Waals surface area contributed by atoms with Gasteiger partial charge in [-0.25, -0.2) is 4.98 Å². The maximum absolute atomic E-state index is 11.7. The van der Waals surface area contributed by atoms with Gasteiger partial charge in [0.1, 0.15) is 11.5 Å². The molecule has 0 spiro atoms. The van der Waals surface area contributed by atoms with E-state index in [2.05, 4.69) is 45.5 Å². The lowest BCUT2D eigenvalue weighted by molar-refractivity contribution is -0.129. The number of carbonyl (C=O) groups excluding carboxylic acids is 2. The van der Waals surface area contributed by atoms with Gasteiger partial charge in [0.25, 0.3) is 0 Å². The Morgan fingerprint density at radius 1 is 1.14 bits per heavy atom. The summed E-state index contributed by atoms with van der Waals surface area (Å²) in [6.45, 7) is 5.90. The molecule has 3 aromatic rings. The zero-order valence-corrected chi connectivity index (χ0v) is 20.9. The van der Waals surface area contributed by atoms with Crippen LogP contribution in [0.15, 0.2) is 35.8 Å². The van der Waals surface area contributed by atoms with Crippen LogP contribution in [0.2, 0.25) is 0 Å². The SMILES string of the molecule is COc1cc(-c2cc(OCC[C@H]3CNC(=O)C3)c3scnc3c2)ccc1N1CCN(C(C)=O)CC1. The minimum absolute atomic E-state index is 0.121. The highest BCUT2D eigenvalue weighted by Crippen LogP contribution is 2.38. The second-order valence-corrected chi connectivity index (χ2v) is 9.92. The molecule has 2 aliphatic rings. The van der Waals surface area contributed by atoms with Crippen LogP contribution in [0, 0.1) is 5.92 Å². The smallest absolute Gasteiger partial charge is 0.220 e. The van der Waals surface area contributed by atoms with Crippen LogP contribution in [0.1, 0.15) is 19.8 Å². The van der Waals surface area contributed by atoms with Crippen LogP contribution in [-0.2, 0) is 9.59 Å². The van der Waals surface area contributed by atoms with Crippen LogP contribution in [0.5, 0.6) is 11.5 Å². The molecular formula is C26H30N4O4S. The van der Waals surface area contributed by atoms with Crippen LogP contribution >= 0.6 is 11.3 Å². The van der Waals surface area contributed by atoms with Crippen molar-refractivity contribution in [2.75, 3.05) is 51.3 Å². The predicted octanol–water partition coefficient (Wildman–Crippen LogP) is 3.55. The van der Waals surface area contributed by atoms with Gasteiger partial charge < -0.3 is 24.6 Å². The highest BCUT2D eigenvalue weighted by molar-refractivity contribution is 7.17. The van der Waals surface area contributed by atoms with Crippen molar-refractivity contribution < 1.29 is 19.1 Å². The fraction of sp³-hybridized carbons (Fsp3) is 0.423. The molecule has 0 unspecified atom stereocenters. The number of methoxy groups -OCH3 is 1. The molecule has 2 amide bonds. The molecule has 35 heavy (non-hydrogen) atoms. The Morgan fingerprint density at radius 2 is 1.94 bits per heavy atom. The lowest BCUT2D eigenvalue weighted by Gasteiger charge is -2.36. The quantitative estimate of drug-likeness (QED) is 0.541.